The molecule has 138 valence electrons. The van der Waals surface area contributed by atoms with E-state index in [9.17, 15) is 4.79 Å². The topological polar surface area (TPSA) is 39.3 Å². The Bertz CT molecular complexity index is 889. The van der Waals surface area contributed by atoms with Crippen molar-refractivity contribution in [3.8, 4) is 0 Å². The first-order valence-corrected chi connectivity index (χ1v) is 9.09. The van der Waals surface area contributed by atoms with Gasteiger partial charge in [-0.25, -0.2) is 4.68 Å². The van der Waals surface area contributed by atoms with Crippen molar-refractivity contribution in [2.24, 2.45) is 0 Å². The van der Waals surface area contributed by atoms with Gasteiger partial charge in [-0.2, -0.15) is 5.10 Å². The molecule has 0 bridgehead atoms. The van der Waals surface area contributed by atoms with Crippen LogP contribution in [0.15, 0.2) is 59.4 Å². The summed E-state index contributed by atoms with van der Waals surface area (Å²) in [5.74, 6) is 0. The second-order valence-corrected chi connectivity index (χ2v) is 6.39. The third-order valence-corrected chi connectivity index (χ3v) is 4.84. The number of aromatic nitrogens is 2. The summed E-state index contributed by atoms with van der Waals surface area (Å²) in [7, 11) is 0. The number of nitrogens with zero attached hydrogens (tertiary/aromatic N) is 2. The molecule has 0 aliphatic heterocycles. The van der Waals surface area contributed by atoms with E-state index < -0.39 is 0 Å². The first-order valence-electron chi connectivity index (χ1n) is 9.09. The van der Waals surface area contributed by atoms with Crippen LogP contribution < -0.4 is 22.9 Å². The Morgan fingerprint density at radius 1 is 0.923 bits per heavy atom. The molecular weight excluding hydrogens is 346 g/mol. The number of hydrogen-bond acceptors (Lipinski definition) is 2. The van der Waals surface area contributed by atoms with Crippen molar-refractivity contribution in [1.29, 1.82) is 0 Å². The summed E-state index contributed by atoms with van der Waals surface area (Å²) < 4.78 is 1.66. The molecule has 1 aromatic heterocycles. The molecule has 0 fully saturated rings. The van der Waals surface area contributed by atoms with Gasteiger partial charge >= 0.3 is 0 Å². The summed E-state index contributed by atoms with van der Waals surface area (Å²) in [6.45, 7) is 8.06. The van der Waals surface area contributed by atoms with Crippen LogP contribution in [0.25, 0.3) is 10.8 Å². The third kappa shape index (κ3) is 4.51. The zero-order valence-corrected chi connectivity index (χ0v) is 16.2. The molecule has 3 aromatic rings. The Kier molecular flexibility index (Phi) is 7.37. The fraction of sp³-hybridized carbons (Fsp3) is 0.333. The Morgan fingerprint density at radius 2 is 1.54 bits per heavy atom. The summed E-state index contributed by atoms with van der Waals surface area (Å²) in [5, 5.41) is 6.45. The van der Waals surface area contributed by atoms with Gasteiger partial charge in [0.15, 0.2) is 0 Å². The van der Waals surface area contributed by atoms with Crippen LogP contribution in [-0.4, -0.2) is 29.4 Å². The summed E-state index contributed by atoms with van der Waals surface area (Å²) in [6.07, 6.45) is 0.736. The molecule has 0 atom stereocenters. The molecule has 0 saturated heterocycles. The smallest absolute Gasteiger partial charge is 0.274 e. The van der Waals surface area contributed by atoms with Crippen LogP contribution in [0.5, 0.6) is 0 Å². The van der Waals surface area contributed by atoms with Crippen molar-refractivity contribution >= 4 is 10.8 Å². The standard InChI is InChI=1S/C21H25N3O.ClH/c1-3-23(4-2)14-15-24-21(25)19-13-9-8-12-18(19)20(22-24)16-17-10-6-5-7-11-17;/h5-13H,3-4,14-16H2,1-2H3;1H. The summed E-state index contributed by atoms with van der Waals surface area (Å²) in [6, 6.07) is 18.1. The SMILES string of the molecule is CC[NH+](CC)CCn1nc(Cc2ccccc2)c2ccccc2c1=O.[Cl-]. The van der Waals surface area contributed by atoms with Crippen molar-refractivity contribution in [3.05, 3.63) is 76.2 Å². The lowest BCUT2D eigenvalue weighted by atomic mass is 10.0. The van der Waals surface area contributed by atoms with Crippen LogP contribution in [0.1, 0.15) is 25.1 Å². The number of nitrogens with one attached hydrogen (secondary N) is 1. The fourth-order valence-corrected chi connectivity index (χ4v) is 3.24. The Balaban J connectivity index is 0.00000243. The Labute approximate surface area is 160 Å². The second kappa shape index (κ2) is 9.51. The lowest BCUT2D eigenvalue weighted by molar-refractivity contribution is -0.897. The molecule has 0 radical (unpaired) electrons. The molecule has 0 aliphatic carbocycles. The van der Waals surface area contributed by atoms with Crippen LogP contribution in [0.2, 0.25) is 0 Å². The lowest BCUT2D eigenvalue weighted by Gasteiger charge is -2.16. The first kappa shape index (κ1) is 20.1. The number of halogens is 1. The van der Waals surface area contributed by atoms with Crippen molar-refractivity contribution in [1.82, 2.24) is 9.78 Å². The third-order valence-electron chi connectivity index (χ3n) is 4.84. The van der Waals surface area contributed by atoms with Gasteiger partial charge in [0, 0.05) is 11.8 Å². The van der Waals surface area contributed by atoms with Gasteiger partial charge in [0.2, 0.25) is 0 Å². The Hall–Kier alpha value is -2.17. The summed E-state index contributed by atoms with van der Waals surface area (Å²) in [5.41, 5.74) is 2.19. The highest BCUT2D eigenvalue weighted by Crippen LogP contribution is 2.16. The van der Waals surface area contributed by atoms with Gasteiger partial charge in [-0.1, -0.05) is 48.5 Å². The molecule has 0 aliphatic rings. The van der Waals surface area contributed by atoms with E-state index in [0.717, 1.165) is 42.5 Å². The van der Waals surface area contributed by atoms with Crippen molar-refractivity contribution in [2.75, 3.05) is 19.6 Å². The van der Waals surface area contributed by atoms with Gasteiger partial charge in [0.05, 0.1) is 37.3 Å². The molecule has 1 N–H and O–H groups in total. The van der Waals surface area contributed by atoms with E-state index >= 15 is 0 Å². The van der Waals surface area contributed by atoms with E-state index in [2.05, 4.69) is 26.0 Å². The fourth-order valence-electron chi connectivity index (χ4n) is 3.24. The molecular formula is C21H26ClN3O. The van der Waals surface area contributed by atoms with Crippen molar-refractivity contribution in [2.45, 2.75) is 26.8 Å². The lowest BCUT2D eigenvalue weighted by Crippen LogP contribution is -3.11. The molecule has 0 unspecified atom stereocenters. The minimum absolute atomic E-state index is 0. The van der Waals surface area contributed by atoms with E-state index in [-0.39, 0.29) is 18.0 Å². The maximum Gasteiger partial charge on any atom is 0.274 e. The molecule has 3 rings (SSSR count). The number of fused-ring (bicyclic) bond motifs is 1. The quantitative estimate of drug-likeness (QED) is 0.573. The van der Waals surface area contributed by atoms with Gasteiger partial charge < -0.3 is 17.3 Å². The molecule has 4 nitrogen and oxygen atoms in total. The van der Waals surface area contributed by atoms with E-state index in [0.29, 0.717) is 6.54 Å². The molecule has 26 heavy (non-hydrogen) atoms. The average Bonchev–Trinajstić information content (AvgIpc) is 2.66. The van der Waals surface area contributed by atoms with Gasteiger partial charge in [0.1, 0.15) is 0 Å². The zero-order chi connectivity index (χ0) is 17.6. The predicted octanol–water partition coefficient (Wildman–Crippen LogP) is -1.08. The van der Waals surface area contributed by atoms with Crippen LogP contribution in [-0.2, 0) is 13.0 Å². The number of hydrogen-bond donors (Lipinski definition) is 1. The number of benzene rings is 2. The van der Waals surface area contributed by atoms with E-state index in [4.69, 9.17) is 5.10 Å². The monoisotopic (exact) mass is 371 g/mol. The van der Waals surface area contributed by atoms with Crippen molar-refractivity contribution < 1.29 is 17.3 Å². The second-order valence-electron chi connectivity index (χ2n) is 6.39. The van der Waals surface area contributed by atoms with Crippen LogP contribution in [0.3, 0.4) is 0 Å². The van der Waals surface area contributed by atoms with Gasteiger partial charge in [0.25, 0.3) is 5.56 Å². The summed E-state index contributed by atoms with van der Waals surface area (Å²) in [4.78, 5) is 14.3. The minimum atomic E-state index is 0. The molecule has 0 amide bonds. The van der Waals surface area contributed by atoms with Crippen LogP contribution >= 0.6 is 0 Å². The van der Waals surface area contributed by atoms with Gasteiger partial charge in [-0.15, -0.1) is 0 Å². The zero-order valence-electron chi connectivity index (χ0n) is 15.4. The van der Waals surface area contributed by atoms with Crippen molar-refractivity contribution in [3.63, 3.8) is 0 Å². The number of likely N-dealkylation sites (N-methyl/N-ethyl adjacent to an activating group) is 1. The largest absolute Gasteiger partial charge is 1.00 e. The maximum atomic E-state index is 12.8. The molecule has 0 saturated carbocycles. The predicted molar refractivity (Wildman–Crippen MR) is 102 cm³/mol. The van der Waals surface area contributed by atoms with Gasteiger partial charge in [-0.3, -0.25) is 4.79 Å². The maximum absolute atomic E-state index is 12.8. The average molecular weight is 372 g/mol. The number of rotatable bonds is 7. The highest BCUT2D eigenvalue weighted by molar-refractivity contribution is 5.83. The first-order chi connectivity index (χ1) is 12.2. The van der Waals surface area contributed by atoms with Crippen LogP contribution in [0.4, 0.5) is 0 Å². The van der Waals surface area contributed by atoms with E-state index in [1.807, 2.05) is 42.5 Å². The highest BCUT2D eigenvalue weighted by Gasteiger charge is 2.12. The summed E-state index contributed by atoms with van der Waals surface area (Å²) >= 11 is 0. The van der Waals surface area contributed by atoms with E-state index in [1.54, 1.807) is 4.68 Å². The normalized spacial score (nSPS) is 10.9. The molecule has 0 spiro atoms. The van der Waals surface area contributed by atoms with E-state index in [1.165, 1.54) is 10.5 Å². The van der Waals surface area contributed by atoms with Gasteiger partial charge in [-0.05, 0) is 25.5 Å². The van der Waals surface area contributed by atoms with Crippen LogP contribution in [0, 0.1) is 0 Å². The molecule has 1 heterocycles. The highest BCUT2D eigenvalue weighted by atomic mass is 35.5. The minimum Gasteiger partial charge on any atom is -1.00 e. The number of quaternary nitrogens is 1. The Morgan fingerprint density at radius 3 is 2.19 bits per heavy atom. The molecule has 5 heteroatoms. The molecule has 2 aromatic carbocycles.